The van der Waals surface area contributed by atoms with Crippen LogP contribution in [0, 0.1) is 0 Å². The number of alkyl halides is 3. The Labute approximate surface area is 177 Å². The van der Waals surface area contributed by atoms with Crippen molar-refractivity contribution in [1.29, 1.82) is 0 Å². The van der Waals surface area contributed by atoms with Crippen LogP contribution in [0.5, 0.6) is 11.5 Å². The van der Waals surface area contributed by atoms with Gasteiger partial charge in [0.2, 0.25) is 5.91 Å². The lowest BCUT2D eigenvalue weighted by atomic mass is 9.87. The van der Waals surface area contributed by atoms with Crippen LogP contribution in [-0.2, 0) is 11.0 Å². The summed E-state index contributed by atoms with van der Waals surface area (Å²) in [7, 11) is 3.05. The number of hydrogen-bond donors (Lipinski definition) is 1. The second kappa shape index (κ2) is 8.22. The van der Waals surface area contributed by atoms with E-state index >= 15 is 0 Å². The monoisotopic (exact) mass is 437 g/mol. The zero-order chi connectivity index (χ0) is 22.2. The highest BCUT2D eigenvalue weighted by Gasteiger charge is 2.46. The first kappa shape index (κ1) is 21.2. The van der Waals surface area contributed by atoms with E-state index < -0.39 is 11.9 Å². The van der Waals surface area contributed by atoms with Gasteiger partial charge in [0.15, 0.2) is 11.5 Å². The molecule has 2 bridgehead atoms. The Balaban J connectivity index is 1.35. The largest absolute Gasteiger partial charge is 0.493 e. The van der Waals surface area contributed by atoms with E-state index in [0.717, 1.165) is 18.8 Å². The van der Waals surface area contributed by atoms with Crippen LogP contribution in [0.3, 0.4) is 0 Å². The van der Waals surface area contributed by atoms with Crippen LogP contribution in [0.1, 0.15) is 12.1 Å². The van der Waals surface area contributed by atoms with E-state index in [9.17, 15) is 18.0 Å². The van der Waals surface area contributed by atoms with E-state index in [-0.39, 0.29) is 30.4 Å². The first-order chi connectivity index (χ1) is 14.8. The number of nitrogens with one attached hydrogen (secondary N) is 1. The van der Waals surface area contributed by atoms with Gasteiger partial charge in [-0.3, -0.25) is 9.69 Å². The number of nitrogens with zero attached hydrogens (tertiary/aromatic N) is 4. The summed E-state index contributed by atoms with van der Waals surface area (Å²) in [4.78, 5) is 23.7. The molecule has 2 atom stereocenters. The van der Waals surface area contributed by atoms with Gasteiger partial charge in [0, 0.05) is 43.0 Å². The van der Waals surface area contributed by atoms with Gasteiger partial charge in [-0.25, -0.2) is 9.97 Å². The Morgan fingerprint density at radius 3 is 2.48 bits per heavy atom. The molecule has 2 unspecified atom stereocenters. The highest BCUT2D eigenvalue weighted by atomic mass is 19.4. The second-order valence-electron chi connectivity index (χ2n) is 7.50. The molecule has 1 N–H and O–H groups in total. The van der Waals surface area contributed by atoms with Gasteiger partial charge in [0.1, 0.15) is 17.8 Å². The van der Waals surface area contributed by atoms with Crippen molar-refractivity contribution in [3.63, 3.8) is 0 Å². The minimum atomic E-state index is -4.51. The van der Waals surface area contributed by atoms with Gasteiger partial charge < -0.3 is 19.7 Å². The molecule has 2 aromatic rings. The van der Waals surface area contributed by atoms with Gasteiger partial charge in [-0.1, -0.05) is 0 Å². The number of methoxy groups -OCH3 is 2. The SMILES string of the molecule is COc1ccc(NC(=O)CN2C3CC2CN(c2cc(C(F)(F)F)ncn2)C3)cc1OC. The first-order valence-corrected chi connectivity index (χ1v) is 9.70. The number of piperazine rings is 1. The lowest BCUT2D eigenvalue weighted by molar-refractivity contribution is -0.141. The molecule has 1 aromatic carbocycles. The molecule has 11 heteroatoms. The number of hydrogen-bond acceptors (Lipinski definition) is 7. The molecule has 5 rings (SSSR count). The van der Waals surface area contributed by atoms with Crippen LogP contribution >= 0.6 is 0 Å². The molecule has 0 spiro atoms. The number of ether oxygens (including phenoxy) is 2. The van der Waals surface area contributed by atoms with Gasteiger partial charge in [-0.2, -0.15) is 13.2 Å². The summed E-state index contributed by atoms with van der Waals surface area (Å²) >= 11 is 0. The molecule has 8 nitrogen and oxygen atoms in total. The van der Waals surface area contributed by atoms with Gasteiger partial charge in [0.05, 0.1) is 20.8 Å². The number of carbonyl (C=O) groups excluding carboxylic acids is 1. The predicted molar refractivity (Wildman–Crippen MR) is 106 cm³/mol. The summed E-state index contributed by atoms with van der Waals surface area (Å²) in [6.45, 7) is 1.22. The highest BCUT2D eigenvalue weighted by molar-refractivity contribution is 5.92. The van der Waals surface area contributed by atoms with Crippen molar-refractivity contribution < 1.29 is 27.4 Å². The third kappa shape index (κ3) is 4.36. The minimum Gasteiger partial charge on any atom is -0.493 e. The molecular weight excluding hydrogens is 415 g/mol. The van der Waals surface area contributed by atoms with E-state index in [1.54, 1.807) is 18.2 Å². The average molecular weight is 437 g/mol. The van der Waals surface area contributed by atoms with E-state index in [1.807, 2.05) is 4.90 Å². The van der Waals surface area contributed by atoms with Crippen molar-refractivity contribution in [1.82, 2.24) is 14.9 Å². The molecule has 31 heavy (non-hydrogen) atoms. The molecule has 3 aliphatic rings. The standard InChI is InChI=1S/C20H22F3N5O3/c1-30-15-4-3-12(5-16(15)31-2)26-19(29)10-28-13-6-14(28)9-27(8-13)18-7-17(20(21,22)23)24-11-25-18/h3-5,7,11,13-14H,6,8-10H2,1-2H3,(H,26,29). The van der Waals surface area contributed by atoms with Crippen LogP contribution in [-0.4, -0.2) is 66.7 Å². The van der Waals surface area contributed by atoms with Gasteiger partial charge in [-0.15, -0.1) is 0 Å². The van der Waals surface area contributed by atoms with Crippen LogP contribution in [0.25, 0.3) is 0 Å². The highest BCUT2D eigenvalue weighted by Crippen LogP contribution is 2.35. The molecule has 1 amide bonds. The lowest BCUT2D eigenvalue weighted by Gasteiger charge is -2.56. The predicted octanol–water partition coefficient (Wildman–Crippen LogP) is 2.41. The Kier molecular flexibility index (Phi) is 5.61. The summed E-state index contributed by atoms with van der Waals surface area (Å²) in [5.41, 5.74) is -0.362. The number of aromatic nitrogens is 2. The molecule has 4 heterocycles. The van der Waals surface area contributed by atoms with Crippen LogP contribution in [0.2, 0.25) is 0 Å². The average Bonchev–Trinajstić information content (AvgIpc) is 2.77. The number of piperidine rings is 1. The van der Waals surface area contributed by atoms with Crippen molar-refractivity contribution in [3.8, 4) is 11.5 Å². The minimum absolute atomic E-state index is 0.0826. The fourth-order valence-electron chi connectivity index (χ4n) is 4.09. The first-order valence-electron chi connectivity index (χ1n) is 9.70. The maximum absolute atomic E-state index is 12.9. The van der Waals surface area contributed by atoms with Crippen LogP contribution in [0.4, 0.5) is 24.7 Å². The zero-order valence-electron chi connectivity index (χ0n) is 17.0. The van der Waals surface area contributed by atoms with Crippen LogP contribution < -0.4 is 19.7 Å². The lowest BCUT2D eigenvalue weighted by Crippen LogP contribution is -2.69. The maximum Gasteiger partial charge on any atom is 0.433 e. The maximum atomic E-state index is 12.9. The Bertz CT molecular complexity index is 959. The number of fused-ring (bicyclic) bond motifs is 2. The fraction of sp³-hybridized carbons (Fsp3) is 0.450. The summed E-state index contributed by atoms with van der Waals surface area (Å²) in [6, 6.07) is 6.26. The third-order valence-corrected chi connectivity index (χ3v) is 5.61. The number of amides is 1. The smallest absolute Gasteiger partial charge is 0.433 e. The normalized spacial score (nSPS) is 20.7. The van der Waals surface area contributed by atoms with Crippen molar-refractivity contribution >= 4 is 17.4 Å². The number of rotatable bonds is 6. The number of benzene rings is 1. The number of carbonyl (C=O) groups is 1. The Hall–Kier alpha value is -3.08. The topological polar surface area (TPSA) is 79.8 Å². The molecule has 3 fully saturated rings. The zero-order valence-corrected chi connectivity index (χ0v) is 17.0. The molecule has 1 aromatic heterocycles. The quantitative estimate of drug-likeness (QED) is 0.744. The summed E-state index contributed by atoms with van der Waals surface area (Å²) < 4.78 is 49.2. The van der Waals surface area contributed by atoms with E-state index in [2.05, 4.69) is 20.2 Å². The Morgan fingerprint density at radius 1 is 1.13 bits per heavy atom. The fourth-order valence-corrected chi connectivity index (χ4v) is 4.09. The van der Waals surface area contributed by atoms with Gasteiger partial charge in [0.25, 0.3) is 0 Å². The molecule has 0 aliphatic carbocycles. The second-order valence-corrected chi connectivity index (χ2v) is 7.50. The number of halogens is 3. The summed E-state index contributed by atoms with van der Waals surface area (Å²) in [6.07, 6.45) is -2.67. The molecule has 3 saturated heterocycles. The van der Waals surface area contributed by atoms with Gasteiger partial charge >= 0.3 is 6.18 Å². The van der Waals surface area contributed by atoms with Gasteiger partial charge in [-0.05, 0) is 18.6 Å². The van der Waals surface area contributed by atoms with E-state index in [0.29, 0.717) is 30.3 Å². The molecule has 0 radical (unpaired) electrons. The summed E-state index contributed by atoms with van der Waals surface area (Å²) in [5, 5.41) is 2.85. The van der Waals surface area contributed by atoms with E-state index in [1.165, 1.54) is 14.2 Å². The van der Waals surface area contributed by atoms with Crippen molar-refractivity contribution in [3.05, 3.63) is 36.3 Å². The summed E-state index contributed by atoms with van der Waals surface area (Å²) in [5.74, 6) is 1.17. The third-order valence-electron chi connectivity index (χ3n) is 5.61. The van der Waals surface area contributed by atoms with Crippen molar-refractivity contribution in [2.75, 3.05) is 44.1 Å². The number of anilines is 2. The molecule has 0 saturated carbocycles. The Morgan fingerprint density at radius 2 is 1.84 bits per heavy atom. The molecular formula is C20H22F3N5O3. The van der Waals surface area contributed by atoms with Crippen molar-refractivity contribution in [2.24, 2.45) is 0 Å². The molecule has 3 aliphatic heterocycles. The van der Waals surface area contributed by atoms with Crippen LogP contribution in [0.15, 0.2) is 30.6 Å². The van der Waals surface area contributed by atoms with E-state index in [4.69, 9.17) is 9.47 Å². The van der Waals surface area contributed by atoms with Crippen molar-refractivity contribution in [2.45, 2.75) is 24.7 Å². The molecule has 166 valence electrons.